The second kappa shape index (κ2) is 7.02. The third-order valence-electron chi connectivity index (χ3n) is 4.96. The van der Waals surface area contributed by atoms with Crippen LogP contribution in [0.25, 0.3) is 0 Å². The smallest absolute Gasteiger partial charge is 0.357 e. The number of carbonyl (C=O) groups excluding carboxylic acids is 2. The zero-order valence-corrected chi connectivity index (χ0v) is 15.5. The zero-order valence-electron chi connectivity index (χ0n) is 15.5. The molecule has 1 aromatic rings. The summed E-state index contributed by atoms with van der Waals surface area (Å²) in [4.78, 5) is 28.8. The Morgan fingerprint density at radius 3 is 2.63 bits per heavy atom. The van der Waals surface area contributed by atoms with Crippen molar-refractivity contribution in [3.8, 4) is 0 Å². The van der Waals surface area contributed by atoms with Crippen molar-refractivity contribution in [3.05, 3.63) is 47.7 Å². The van der Waals surface area contributed by atoms with Gasteiger partial charge in [0.25, 0.3) is 0 Å². The highest BCUT2D eigenvalue weighted by Gasteiger charge is 2.39. The van der Waals surface area contributed by atoms with Crippen LogP contribution in [-0.4, -0.2) is 36.3 Å². The van der Waals surface area contributed by atoms with Crippen molar-refractivity contribution in [2.24, 2.45) is 10.4 Å². The minimum Gasteiger partial charge on any atom is -0.452 e. The topological polar surface area (TPSA) is 74.2 Å². The maximum Gasteiger partial charge on any atom is 0.357 e. The van der Waals surface area contributed by atoms with E-state index in [1.807, 2.05) is 44.2 Å². The highest BCUT2D eigenvalue weighted by molar-refractivity contribution is 6.06. The number of ether oxygens (including phenoxy) is 3. The molecular weight excluding hydrogens is 346 g/mol. The standard InChI is InChI=1S/C21H23NO5/c1-21(2)10-14(8-15(23)11-21)22-16-9-17-18(26-19(16)24)12-25-20(27-17)13-6-4-3-5-7-13/h3-7,9,17-18,20H,8,10-12H2,1-2H3/t17-,18-,20+/m1/s1. The lowest BCUT2D eigenvalue weighted by atomic mass is 9.76. The van der Waals surface area contributed by atoms with E-state index in [0.717, 1.165) is 11.3 Å². The number of rotatable bonds is 2. The van der Waals surface area contributed by atoms with Crippen LogP contribution in [0.4, 0.5) is 0 Å². The predicted octanol–water partition coefficient (Wildman–Crippen LogP) is 3.13. The molecule has 1 saturated carbocycles. The van der Waals surface area contributed by atoms with E-state index in [-0.39, 0.29) is 23.5 Å². The van der Waals surface area contributed by atoms with Crippen molar-refractivity contribution in [3.63, 3.8) is 0 Å². The van der Waals surface area contributed by atoms with Crippen LogP contribution >= 0.6 is 0 Å². The summed E-state index contributed by atoms with van der Waals surface area (Å²) in [6, 6.07) is 9.63. The second-order valence-corrected chi connectivity index (χ2v) is 8.08. The van der Waals surface area contributed by atoms with E-state index in [1.165, 1.54) is 0 Å². The lowest BCUT2D eigenvalue weighted by Gasteiger charge is -2.37. The molecule has 0 unspecified atom stereocenters. The van der Waals surface area contributed by atoms with Crippen LogP contribution in [0.2, 0.25) is 0 Å². The second-order valence-electron chi connectivity index (χ2n) is 8.08. The Morgan fingerprint density at radius 1 is 1.11 bits per heavy atom. The zero-order chi connectivity index (χ0) is 19.0. The predicted molar refractivity (Wildman–Crippen MR) is 98.0 cm³/mol. The van der Waals surface area contributed by atoms with Gasteiger partial charge in [-0.2, -0.15) is 0 Å². The summed E-state index contributed by atoms with van der Waals surface area (Å²) in [6.45, 7) is 4.34. The Hall–Kier alpha value is -2.31. The van der Waals surface area contributed by atoms with Crippen LogP contribution in [0.3, 0.4) is 0 Å². The van der Waals surface area contributed by atoms with Crippen molar-refractivity contribution in [1.29, 1.82) is 0 Å². The normalized spacial score (nSPS) is 31.9. The summed E-state index contributed by atoms with van der Waals surface area (Å²) < 4.78 is 17.2. The van der Waals surface area contributed by atoms with Gasteiger partial charge in [-0.1, -0.05) is 44.2 Å². The molecule has 142 valence electrons. The summed E-state index contributed by atoms with van der Waals surface area (Å²) in [6.07, 6.45) is 1.81. The number of hydrogen-bond donors (Lipinski definition) is 0. The first-order chi connectivity index (χ1) is 12.9. The fraction of sp³-hybridized carbons (Fsp3) is 0.476. The Labute approximate surface area is 158 Å². The number of esters is 1. The van der Waals surface area contributed by atoms with E-state index >= 15 is 0 Å². The Kier molecular flexibility index (Phi) is 4.70. The van der Waals surface area contributed by atoms with Crippen LogP contribution in [0.5, 0.6) is 0 Å². The molecule has 1 saturated heterocycles. The molecule has 2 fully saturated rings. The molecule has 6 nitrogen and oxygen atoms in total. The maximum absolute atomic E-state index is 12.3. The summed E-state index contributed by atoms with van der Waals surface area (Å²) >= 11 is 0. The first kappa shape index (κ1) is 18.1. The molecule has 2 aliphatic heterocycles. The third-order valence-corrected chi connectivity index (χ3v) is 4.96. The number of carbonyl (C=O) groups is 2. The summed E-state index contributed by atoms with van der Waals surface area (Å²) in [5.41, 5.74) is 1.72. The first-order valence-corrected chi connectivity index (χ1v) is 9.23. The molecule has 0 aromatic heterocycles. The lowest BCUT2D eigenvalue weighted by Crippen LogP contribution is -2.45. The van der Waals surface area contributed by atoms with Crippen molar-refractivity contribution in [2.75, 3.05) is 6.61 Å². The van der Waals surface area contributed by atoms with Gasteiger partial charge < -0.3 is 14.2 Å². The third kappa shape index (κ3) is 4.01. The van der Waals surface area contributed by atoms with Crippen LogP contribution < -0.4 is 0 Å². The fourth-order valence-corrected chi connectivity index (χ4v) is 3.83. The maximum atomic E-state index is 12.3. The Bertz CT molecular complexity index is 811. The molecule has 2 heterocycles. The van der Waals surface area contributed by atoms with E-state index in [1.54, 1.807) is 6.08 Å². The number of Topliss-reactive ketones (excluding diaryl/α,β-unsaturated/α-hetero) is 1. The quantitative estimate of drug-likeness (QED) is 0.749. The Balaban J connectivity index is 1.55. The van der Waals surface area contributed by atoms with Gasteiger partial charge in [-0.25, -0.2) is 9.79 Å². The summed E-state index contributed by atoms with van der Waals surface area (Å²) in [7, 11) is 0. The number of aliphatic imine (C=N–C) groups is 1. The van der Waals surface area contributed by atoms with Crippen LogP contribution in [0.15, 0.2) is 47.1 Å². The highest BCUT2D eigenvalue weighted by atomic mass is 16.7. The number of nitrogens with zero attached hydrogens (tertiary/aromatic N) is 1. The van der Waals surface area contributed by atoms with E-state index in [2.05, 4.69) is 4.99 Å². The lowest BCUT2D eigenvalue weighted by molar-refractivity contribution is -0.252. The van der Waals surface area contributed by atoms with Crippen LogP contribution in [0, 0.1) is 5.41 Å². The number of ketones is 1. The molecule has 0 radical (unpaired) electrons. The molecule has 4 rings (SSSR count). The average Bonchev–Trinajstić information content (AvgIpc) is 2.61. The van der Waals surface area contributed by atoms with Gasteiger partial charge in [0.15, 0.2) is 12.4 Å². The number of fused-ring (bicyclic) bond motifs is 1. The Morgan fingerprint density at radius 2 is 1.89 bits per heavy atom. The van der Waals surface area contributed by atoms with E-state index in [0.29, 0.717) is 19.3 Å². The SMILES string of the molecule is CC1(C)CC(=O)CC(=NC2=C[C@H]3O[C@@H](c4ccccc4)OC[C@H]3OC2=O)C1. The van der Waals surface area contributed by atoms with Gasteiger partial charge in [0.05, 0.1) is 6.61 Å². The van der Waals surface area contributed by atoms with Crippen molar-refractivity contribution < 1.29 is 23.8 Å². The van der Waals surface area contributed by atoms with Crippen molar-refractivity contribution in [1.82, 2.24) is 0 Å². The molecule has 27 heavy (non-hydrogen) atoms. The molecule has 3 atom stereocenters. The first-order valence-electron chi connectivity index (χ1n) is 9.23. The summed E-state index contributed by atoms with van der Waals surface area (Å²) in [5.74, 6) is -0.343. The highest BCUT2D eigenvalue weighted by Crippen LogP contribution is 2.34. The van der Waals surface area contributed by atoms with Gasteiger partial charge in [0.2, 0.25) is 0 Å². The monoisotopic (exact) mass is 369 g/mol. The average molecular weight is 369 g/mol. The van der Waals surface area contributed by atoms with Gasteiger partial charge in [-0.3, -0.25) is 4.79 Å². The molecular formula is C21H23NO5. The van der Waals surface area contributed by atoms with Crippen molar-refractivity contribution in [2.45, 2.75) is 51.6 Å². The molecule has 0 amide bonds. The minimum atomic E-state index is -0.510. The summed E-state index contributed by atoms with van der Waals surface area (Å²) in [5, 5.41) is 0. The molecule has 0 N–H and O–H groups in total. The van der Waals surface area contributed by atoms with E-state index in [9.17, 15) is 9.59 Å². The largest absolute Gasteiger partial charge is 0.452 e. The van der Waals surface area contributed by atoms with E-state index in [4.69, 9.17) is 14.2 Å². The van der Waals surface area contributed by atoms with Gasteiger partial charge >= 0.3 is 5.97 Å². The molecule has 6 heteroatoms. The number of benzene rings is 1. The van der Waals surface area contributed by atoms with Gasteiger partial charge in [-0.15, -0.1) is 0 Å². The molecule has 0 bridgehead atoms. The molecule has 3 aliphatic rings. The molecule has 1 aromatic carbocycles. The molecule has 0 spiro atoms. The molecule has 1 aliphatic carbocycles. The van der Waals surface area contributed by atoms with Crippen LogP contribution in [-0.2, 0) is 23.8 Å². The van der Waals surface area contributed by atoms with Crippen molar-refractivity contribution >= 4 is 17.5 Å². The number of hydrogen-bond acceptors (Lipinski definition) is 6. The fourth-order valence-electron chi connectivity index (χ4n) is 3.83. The van der Waals surface area contributed by atoms with Gasteiger partial charge in [0.1, 0.15) is 17.6 Å². The minimum absolute atomic E-state index is 0.135. The van der Waals surface area contributed by atoms with Crippen LogP contribution in [0.1, 0.15) is 45.0 Å². The van der Waals surface area contributed by atoms with Gasteiger partial charge in [0, 0.05) is 24.1 Å². The van der Waals surface area contributed by atoms with Gasteiger partial charge in [-0.05, 0) is 17.9 Å². The van der Waals surface area contributed by atoms with E-state index < -0.39 is 24.5 Å².